The summed E-state index contributed by atoms with van der Waals surface area (Å²) in [5.74, 6) is -0.516. The number of aromatic nitrogens is 2. The molecule has 0 spiro atoms. The summed E-state index contributed by atoms with van der Waals surface area (Å²) >= 11 is 6.36. The Morgan fingerprint density at radius 3 is 2.69 bits per heavy atom. The highest BCUT2D eigenvalue weighted by Crippen LogP contribution is 2.37. The molecular formula is C20H25ClN2O3. The topological polar surface area (TPSA) is 75.2 Å². The molecule has 0 bridgehead atoms. The number of hydrogen-bond acceptors (Lipinski definition) is 3. The fraction of sp³-hybridized carbons (Fsp3) is 0.500. The number of aromatic amines is 1. The van der Waals surface area contributed by atoms with E-state index in [1.807, 2.05) is 24.3 Å². The van der Waals surface area contributed by atoms with E-state index in [4.69, 9.17) is 16.3 Å². The number of benzene rings is 1. The zero-order chi connectivity index (χ0) is 18.7. The van der Waals surface area contributed by atoms with Crippen LogP contribution in [0.3, 0.4) is 0 Å². The predicted octanol–water partition coefficient (Wildman–Crippen LogP) is 4.69. The van der Waals surface area contributed by atoms with Gasteiger partial charge in [-0.3, -0.25) is 5.10 Å². The van der Waals surface area contributed by atoms with Gasteiger partial charge in [0.15, 0.2) is 5.60 Å². The van der Waals surface area contributed by atoms with E-state index >= 15 is 0 Å². The molecule has 1 aliphatic carbocycles. The second-order valence-electron chi connectivity index (χ2n) is 7.42. The lowest BCUT2D eigenvalue weighted by molar-refractivity contribution is -0.162. The van der Waals surface area contributed by atoms with Crippen LogP contribution >= 0.6 is 11.6 Å². The number of nitrogens with one attached hydrogen (secondary N) is 1. The largest absolute Gasteiger partial charge is 0.479 e. The molecule has 1 fully saturated rings. The third-order valence-electron chi connectivity index (χ3n) is 5.16. The average molecular weight is 377 g/mol. The Bertz CT molecular complexity index is 779. The Kier molecular flexibility index (Phi) is 5.68. The van der Waals surface area contributed by atoms with E-state index < -0.39 is 11.6 Å². The van der Waals surface area contributed by atoms with Gasteiger partial charge in [0, 0.05) is 28.6 Å². The molecule has 1 aromatic carbocycles. The van der Waals surface area contributed by atoms with Gasteiger partial charge >= 0.3 is 5.97 Å². The number of ether oxygens (including phenoxy) is 1. The summed E-state index contributed by atoms with van der Waals surface area (Å²) in [6.45, 7) is 3.25. The van der Waals surface area contributed by atoms with Crippen LogP contribution in [0.1, 0.15) is 68.0 Å². The molecule has 0 saturated heterocycles. The third kappa shape index (κ3) is 4.10. The minimum atomic E-state index is -1.26. The van der Waals surface area contributed by atoms with Crippen molar-refractivity contribution in [3.05, 3.63) is 51.8 Å². The maximum Gasteiger partial charge on any atom is 0.335 e. The lowest BCUT2D eigenvalue weighted by Crippen LogP contribution is -2.34. The summed E-state index contributed by atoms with van der Waals surface area (Å²) in [6, 6.07) is 7.79. The van der Waals surface area contributed by atoms with Gasteiger partial charge in [-0.05, 0) is 38.3 Å². The molecule has 0 amide bonds. The summed E-state index contributed by atoms with van der Waals surface area (Å²) in [4.78, 5) is 11.3. The van der Waals surface area contributed by atoms with E-state index in [1.54, 1.807) is 13.8 Å². The van der Waals surface area contributed by atoms with Crippen molar-refractivity contribution in [3.63, 3.8) is 0 Å². The zero-order valence-electron chi connectivity index (χ0n) is 15.2. The highest BCUT2D eigenvalue weighted by Gasteiger charge is 2.30. The Hall–Kier alpha value is -1.85. The molecule has 140 valence electrons. The van der Waals surface area contributed by atoms with Crippen LogP contribution in [0, 0.1) is 0 Å². The van der Waals surface area contributed by atoms with Crippen molar-refractivity contribution in [2.24, 2.45) is 0 Å². The van der Waals surface area contributed by atoms with E-state index in [9.17, 15) is 9.90 Å². The molecule has 0 unspecified atom stereocenters. The quantitative estimate of drug-likeness (QED) is 0.734. The molecule has 3 rings (SSSR count). The van der Waals surface area contributed by atoms with Gasteiger partial charge in [-0.2, -0.15) is 5.10 Å². The lowest BCUT2D eigenvalue weighted by Gasteiger charge is -2.20. The minimum Gasteiger partial charge on any atom is -0.479 e. The number of carbonyl (C=O) groups is 1. The van der Waals surface area contributed by atoms with Gasteiger partial charge < -0.3 is 9.84 Å². The van der Waals surface area contributed by atoms with E-state index in [-0.39, 0.29) is 6.61 Å². The molecule has 0 atom stereocenters. The second-order valence-corrected chi connectivity index (χ2v) is 7.82. The van der Waals surface area contributed by atoms with Gasteiger partial charge in [0.05, 0.1) is 12.3 Å². The van der Waals surface area contributed by atoms with Gasteiger partial charge in [-0.1, -0.05) is 42.6 Å². The van der Waals surface area contributed by atoms with Gasteiger partial charge in [0.2, 0.25) is 0 Å². The van der Waals surface area contributed by atoms with Gasteiger partial charge in [0.25, 0.3) is 0 Å². The molecule has 1 aromatic heterocycles. The number of carboxylic acids is 1. The van der Waals surface area contributed by atoms with E-state index in [2.05, 4.69) is 10.2 Å². The van der Waals surface area contributed by atoms with Crippen LogP contribution < -0.4 is 0 Å². The van der Waals surface area contributed by atoms with Crippen LogP contribution in [0.5, 0.6) is 0 Å². The molecule has 1 saturated carbocycles. The van der Waals surface area contributed by atoms with Crippen molar-refractivity contribution in [2.45, 2.75) is 64.1 Å². The molecule has 5 nitrogen and oxygen atoms in total. The molecule has 6 heteroatoms. The average Bonchev–Trinajstić information content (AvgIpc) is 3.24. The number of hydrogen-bond donors (Lipinski definition) is 2. The highest BCUT2D eigenvalue weighted by molar-refractivity contribution is 6.31. The van der Waals surface area contributed by atoms with Crippen molar-refractivity contribution < 1.29 is 14.6 Å². The number of H-pyrrole nitrogens is 1. The first kappa shape index (κ1) is 18.9. The van der Waals surface area contributed by atoms with Crippen LogP contribution in [-0.4, -0.2) is 26.9 Å². The first-order valence-corrected chi connectivity index (χ1v) is 9.43. The summed E-state index contributed by atoms with van der Waals surface area (Å²) in [5.41, 5.74) is 2.78. The molecule has 26 heavy (non-hydrogen) atoms. The van der Waals surface area contributed by atoms with E-state index in [0.717, 1.165) is 40.4 Å². The van der Waals surface area contributed by atoms with E-state index in [1.165, 1.54) is 12.8 Å². The maximum absolute atomic E-state index is 11.3. The third-order valence-corrected chi connectivity index (χ3v) is 5.53. The highest BCUT2D eigenvalue weighted by atomic mass is 35.5. The number of carboxylic acid groups (broad SMARTS) is 1. The summed E-state index contributed by atoms with van der Waals surface area (Å²) in [6.07, 6.45) is 5.42. The first-order chi connectivity index (χ1) is 12.4. The molecule has 1 aliphatic rings. The fourth-order valence-corrected chi connectivity index (χ4v) is 3.63. The minimum absolute atomic E-state index is 0.155. The summed E-state index contributed by atoms with van der Waals surface area (Å²) < 4.78 is 5.65. The number of halogens is 1. The number of nitrogens with zero attached hydrogens (tertiary/aromatic N) is 1. The summed E-state index contributed by atoms with van der Waals surface area (Å²) in [7, 11) is 0. The van der Waals surface area contributed by atoms with Gasteiger partial charge in [0.1, 0.15) is 0 Å². The SMILES string of the molecule is CC(C)(OCc1n[nH]c(C2CCCC2)c1Cc1ccccc1Cl)C(=O)O. The van der Waals surface area contributed by atoms with Crippen molar-refractivity contribution >= 4 is 17.6 Å². The zero-order valence-corrected chi connectivity index (χ0v) is 16.0. The molecule has 0 aliphatic heterocycles. The monoisotopic (exact) mass is 376 g/mol. The van der Waals surface area contributed by atoms with Crippen molar-refractivity contribution in [2.75, 3.05) is 0 Å². The van der Waals surface area contributed by atoms with Crippen molar-refractivity contribution in [1.82, 2.24) is 10.2 Å². The number of aliphatic carboxylic acids is 1. The Labute approximate surface area is 158 Å². The lowest BCUT2D eigenvalue weighted by atomic mass is 9.94. The van der Waals surface area contributed by atoms with Gasteiger partial charge in [-0.25, -0.2) is 4.79 Å². The summed E-state index contributed by atoms with van der Waals surface area (Å²) in [5, 5.41) is 17.7. The van der Waals surface area contributed by atoms with Crippen LogP contribution in [0.25, 0.3) is 0 Å². The maximum atomic E-state index is 11.3. The van der Waals surface area contributed by atoms with Crippen LogP contribution in [0.15, 0.2) is 24.3 Å². The van der Waals surface area contributed by atoms with E-state index in [0.29, 0.717) is 12.3 Å². The van der Waals surface area contributed by atoms with Crippen molar-refractivity contribution in [3.8, 4) is 0 Å². The Morgan fingerprint density at radius 2 is 2.04 bits per heavy atom. The second kappa shape index (κ2) is 7.80. The van der Waals surface area contributed by atoms with Crippen LogP contribution in [-0.2, 0) is 22.6 Å². The molecular weight excluding hydrogens is 352 g/mol. The predicted molar refractivity (Wildman–Crippen MR) is 101 cm³/mol. The van der Waals surface area contributed by atoms with Crippen LogP contribution in [0.2, 0.25) is 5.02 Å². The first-order valence-electron chi connectivity index (χ1n) is 9.05. The molecule has 1 heterocycles. The Balaban J connectivity index is 1.89. The fourth-order valence-electron chi connectivity index (χ4n) is 3.43. The van der Waals surface area contributed by atoms with Crippen LogP contribution in [0.4, 0.5) is 0 Å². The van der Waals surface area contributed by atoms with Crippen molar-refractivity contribution in [1.29, 1.82) is 0 Å². The standard InChI is InChI=1S/C20H25ClN2O3/c1-20(2,19(24)25)26-12-17-15(11-14-9-5-6-10-16(14)21)18(23-22-17)13-7-3-4-8-13/h5-6,9-10,13H,3-4,7-8,11-12H2,1-2H3,(H,22,23)(H,24,25). The van der Waals surface area contributed by atoms with Gasteiger partial charge in [-0.15, -0.1) is 0 Å². The molecule has 2 aromatic rings. The number of rotatable bonds is 7. The normalized spacial score (nSPS) is 15.5. The molecule has 2 N–H and O–H groups in total. The molecule has 0 radical (unpaired) electrons. The smallest absolute Gasteiger partial charge is 0.335 e. The Morgan fingerprint density at radius 1 is 1.35 bits per heavy atom.